The Kier molecular flexibility index (Phi) is 4.14. The van der Waals surface area contributed by atoms with Crippen molar-refractivity contribution in [1.82, 2.24) is 10.2 Å². The fraction of sp³-hybridized carbons (Fsp3) is 0.250. The monoisotopic (exact) mass is 351 g/mol. The fourth-order valence-electron chi connectivity index (χ4n) is 3.15. The zero-order valence-corrected chi connectivity index (χ0v) is 14.7. The van der Waals surface area contributed by atoms with Crippen molar-refractivity contribution in [3.8, 4) is 11.5 Å². The molecule has 0 amide bonds. The number of rotatable bonds is 4. The molecule has 0 unspecified atom stereocenters. The lowest BCUT2D eigenvalue weighted by molar-refractivity contribution is 0.400. The van der Waals surface area contributed by atoms with Gasteiger partial charge in [-0.2, -0.15) is 0 Å². The SMILES string of the molecule is C[C@@]1(Cc2nnc(-c3ccc(Cl)cc3)o2)CCC(c2ccccc2)=N1. The fourth-order valence-corrected chi connectivity index (χ4v) is 3.28. The highest BCUT2D eigenvalue weighted by atomic mass is 35.5. The van der Waals surface area contributed by atoms with Crippen LogP contribution in [0.1, 0.15) is 31.2 Å². The summed E-state index contributed by atoms with van der Waals surface area (Å²) in [5.41, 5.74) is 3.02. The van der Waals surface area contributed by atoms with Crippen LogP contribution in [0.4, 0.5) is 0 Å². The third-order valence-electron chi connectivity index (χ3n) is 4.50. The van der Waals surface area contributed by atoms with Crippen LogP contribution < -0.4 is 0 Å². The lowest BCUT2D eigenvalue weighted by Crippen LogP contribution is -2.21. The predicted octanol–water partition coefficient (Wildman–Crippen LogP) is 4.97. The van der Waals surface area contributed by atoms with Gasteiger partial charge in [-0.25, -0.2) is 0 Å². The molecule has 25 heavy (non-hydrogen) atoms. The number of aliphatic imine (C=N–C) groups is 1. The molecule has 2 aromatic carbocycles. The molecule has 0 bridgehead atoms. The van der Waals surface area contributed by atoms with Gasteiger partial charge in [0.05, 0.1) is 12.0 Å². The van der Waals surface area contributed by atoms with Crippen molar-refractivity contribution in [3.05, 3.63) is 71.1 Å². The van der Waals surface area contributed by atoms with Gasteiger partial charge in [0.25, 0.3) is 0 Å². The molecule has 0 spiro atoms. The molecule has 2 heterocycles. The first-order valence-electron chi connectivity index (χ1n) is 8.34. The van der Waals surface area contributed by atoms with Gasteiger partial charge in [-0.3, -0.25) is 4.99 Å². The molecule has 0 fully saturated rings. The van der Waals surface area contributed by atoms with Crippen LogP contribution >= 0.6 is 11.6 Å². The number of hydrogen-bond donors (Lipinski definition) is 0. The maximum atomic E-state index is 5.92. The Morgan fingerprint density at radius 1 is 1.00 bits per heavy atom. The van der Waals surface area contributed by atoms with E-state index in [4.69, 9.17) is 21.0 Å². The first-order valence-corrected chi connectivity index (χ1v) is 8.72. The largest absolute Gasteiger partial charge is 0.421 e. The summed E-state index contributed by atoms with van der Waals surface area (Å²) in [4.78, 5) is 4.95. The van der Waals surface area contributed by atoms with Gasteiger partial charge in [0.1, 0.15) is 0 Å². The van der Waals surface area contributed by atoms with Crippen molar-refractivity contribution in [1.29, 1.82) is 0 Å². The summed E-state index contributed by atoms with van der Waals surface area (Å²) < 4.78 is 5.84. The lowest BCUT2D eigenvalue weighted by atomic mass is 9.95. The molecule has 0 N–H and O–H groups in total. The van der Waals surface area contributed by atoms with E-state index in [1.54, 1.807) is 0 Å². The van der Waals surface area contributed by atoms with E-state index in [-0.39, 0.29) is 5.54 Å². The average molecular weight is 352 g/mol. The van der Waals surface area contributed by atoms with Crippen LogP contribution in [0.2, 0.25) is 5.02 Å². The third-order valence-corrected chi connectivity index (χ3v) is 4.75. The maximum Gasteiger partial charge on any atom is 0.247 e. The van der Waals surface area contributed by atoms with E-state index in [0.717, 1.165) is 24.1 Å². The highest BCUT2D eigenvalue weighted by molar-refractivity contribution is 6.30. The molecule has 126 valence electrons. The van der Waals surface area contributed by atoms with Crippen molar-refractivity contribution < 1.29 is 4.42 Å². The molecule has 1 aliphatic rings. The van der Waals surface area contributed by atoms with Crippen molar-refractivity contribution in [2.24, 2.45) is 4.99 Å². The molecule has 5 heteroatoms. The zero-order chi connectivity index (χ0) is 17.3. The van der Waals surface area contributed by atoms with Crippen LogP contribution in [0.5, 0.6) is 0 Å². The molecular weight excluding hydrogens is 334 g/mol. The van der Waals surface area contributed by atoms with Crippen LogP contribution in [-0.4, -0.2) is 21.4 Å². The molecule has 0 aliphatic carbocycles. The Bertz CT molecular complexity index is 902. The highest BCUT2D eigenvalue weighted by Gasteiger charge is 2.32. The van der Waals surface area contributed by atoms with Crippen LogP contribution in [0.15, 0.2) is 64.0 Å². The van der Waals surface area contributed by atoms with Gasteiger partial charge in [-0.1, -0.05) is 41.9 Å². The molecule has 0 radical (unpaired) electrons. The molecule has 4 nitrogen and oxygen atoms in total. The average Bonchev–Trinajstić information content (AvgIpc) is 3.24. The van der Waals surface area contributed by atoms with E-state index in [1.165, 1.54) is 5.56 Å². The zero-order valence-electron chi connectivity index (χ0n) is 13.9. The minimum Gasteiger partial charge on any atom is -0.421 e. The predicted molar refractivity (Wildman–Crippen MR) is 99.1 cm³/mol. The first kappa shape index (κ1) is 16.0. The van der Waals surface area contributed by atoms with E-state index >= 15 is 0 Å². The van der Waals surface area contributed by atoms with Crippen LogP contribution in [0.3, 0.4) is 0 Å². The Hall–Kier alpha value is -2.46. The Morgan fingerprint density at radius 2 is 1.76 bits per heavy atom. The Morgan fingerprint density at radius 3 is 2.52 bits per heavy atom. The maximum absolute atomic E-state index is 5.92. The van der Waals surface area contributed by atoms with Gasteiger partial charge in [-0.05, 0) is 49.6 Å². The molecule has 4 rings (SSSR count). The summed E-state index contributed by atoms with van der Waals surface area (Å²) in [6.45, 7) is 2.15. The normalized spacial score (nSPS) is 19.8. The molecule has 1 aromatic heterocycles. The summed E-state index contributed by atoms with van der Waals surface area (Å²) in [6.07, 6.45) is 2.60. The summed E-state index contributed by atoms with van der Waals surface area (Å²) >= 11 is 5.92. The second-order valence-electron chi connectivity index (χ2n) is 6.61. The van der Waals surface area contributed by atoms with Gasteiger partial charge >= 0.3 is 0 Å². The Labute approximate surface area is 151 Å². The van der Waals surface area contributed by atoms with Crippen LogP contribution in [-0.2, 0) is 6.42 Å². The second-order valence-corrected chi connectivity index (χ2v) is 7.04. The van der Waals surface area contributed by atoms with Crippen molar-refractivity contribution in [3.63, 3.8) is 0 Å². The van der Waals surface area contributed by atoms with Gasteiger partial charge in [0.15, 0.2) is 0 Å². The summed E-state index contributed by atoms with van der Waals surface area (Å²) in [7, 11) is 0. The quantitative estimate of drug-likeness (QED) is 0.666. The lowest BCUT2D eigenvalue weighted by Gasteiger charge is -2.17. The van der Waals surface area contributed by atoms with E-state index in [1.807, 2.05) is 42.5 Å². The Balaban J connectivity index is 1.53. The van der Waals surface area contributed by atoms with Gasteiger partial charge in [-0.15, -0.1) is 10.2 Å². The van der Waals surface area contributed by atoms with Crippen LogP contribution in [0.25, 0.3) is 11.5 Å². The van der Waals surface area contributed by atoms with Gasteiger partial charge in [0, 0.05) is 16.3 Å². The number of hydrogen-bond acceptors (Lipinski definition) is 4. The number of benzene rings is 2. The summed E-state index contributed by atoms with van der Waals surface area (Å²) in [5.74, 6) is 1.13. The highest BCUT2D eigenvalue weighted by Crippen LogP contribution is 2.32. The summed E-state index contributed by atoms with van der Waals surface area (Å²) in [5, 5.41) is 9.05. The van der Waals surface area contributed by atoms with Gasteiger partial charge < -0.3 is 4.42 Å². The third kappa shape index (κ3) is 3.49. The van der Waals surface area contributed by atoms with E-state index in [0.29, 0.717) is 23.2 Å². The smallest absolute Gasteiger partial charge is 0.247 e. The topological polar surface area (TPSA) is 51.3 Å². The minimum absolute atomic E-state index is 0.199. The number of aromatic nitrogens is 2. The van der Waals surface area contributed by atoms with Crippen LogP contribution in [0, 0.1) is 0 Å². The van der Waals surface area contributed by atoms with E-state index < -0.39 is 0 Å². The molecule has 0 saturated heterocycles. The molecule has 0 saturated carbocycles. The second kappa shape index (κ2) is 6.45. The molecular formula is C20H18ClN3O. The minimum atomic E-state index is -0.199. The van der Waals surface area contributed by atoms with Crippen molar-refractivity contribution in [2.45, 2.75) is 31.7 Å². The van der Waals surface area contributed by atoms with Gasteiger partial charge in [0.2, 0.25) is 11.8 Å². The number of halogens is 1. The van der Waals surface area contributed by atoms with E-state index in [2.05, 4.69) is 29.3 Å². The van der Waals surface area contributed by atoms with Crippen molar-refractivity contribution in [2.75, 3.05) is 0 Å². The molecule has 1 aliphatic heterocycles. The molecule has 3 aromatic rings. The first-order chi connectivity index (χ1) is 12.1. The van der Waals surface area contributed by atoms with Crippen molar-refractivity contribution >= 4 is 17.3 Å². The molecule has 1 atom stereocenters. The number of nitrogens with zero attached hydrogens (tertiary/aromatic N) is 3. The standard InChI is InChI=1S/C20H18ClN3O/c1-20(12-11-17(22-20)14-5-3-2-4-6-14)13-18-23-24-19(25-18)15-7-9-16(21)10-8-15/h2-10H,11-13H2,1H3/t20-/m0/s1. The summed E-state index contributed by atoms with van der Waals surface area (Å²) in [6, 6.07) is 17.7. The van der Waals surface area contributed by atoms with E-state index in [9.17, 15) is 0 Å².